The number of anilines is 1. The van der Waals surface area contributed by atoms with Crippen LogP contribution in [0.5, 0.6) is 0 Å². The van der Waals surface area contributed by atoms with Gasteiger partial charge < -0.3 is 10.6 Å². The molecular formula is C17H20F2N2. The summed E-state index contributed by atoms with van der Waals surface area (Å²) < 4.78 is 26.6. The zero-order chi connectivity index (χ0) is 15.2. The van der Waals surface area contributed by atoms with Crippen LogP contribution in [-0.4, -0.2) is 13.1 Å². The van der Waals surface area contributed by atoms with E-state index in [9.17, 15) is 8.78 Å². The third-order valence-corrected chi connectivity index (χ3v) is 3.33. The average Bonchev–Trinajstić information content (AvgIpc) is 2.43. The molecule has 0 aromatic heterocycles. The topological polar surface area (TPSA) is 29.3 Å². The molecular weight excluding hydrogens is 270 g/mol. The fraction of sp³-hybridized carbons (Fsp3) is 0.294. The van der Waals surface area contributed by atoms with Gasteiger partial charge in [0.2, 0.25) is 0 Å². The van der Waals surface area contributed by atoms with Crippen LogP contribution in [0.15, 0.2) is 42.5 Å². The number of aryl methyl sites for hydroxylation is 1. The lowest BCUT2D eigenvalue weighted by atomic mass is 10.1. The summed E-state index contributed by atoms with van der Waals surface area (Å²) in [4.78, 5) is 2.08. The van der Waals surface area contributed by atoms with E-state index in [-0.39, 0.29) is 0 Å². The van der Waals surface area contributed by atoms with E-state index in [1.165, 1.54) is 17.7 Å². The van der Waals surface area contributed by atoms with E-state index in [0.717, 1.165) is 24.7 Å². The minimum Gasteiger partial charge on any atom is -0.367 e. The number of nitrogens with zero attached hydrogens (tertiary/aromatic N) is 1. The third kappa shape index (κ3) is 4.53. The molecule has 0 heterocycles. The van der Waals surface area contributed by atoms with Crippen molar-refractivity contribution < 1.29 is 8.78 Å². The fourth-order valence-corrected chi connectivity index (χ4v) is 2.26. The number of halogens is 2. The standard InChI is InChI=1S/C17H20F2N2/c1-13-3-5-17(6-4-13)21(8-2-7-20)12-14-9-15(18)11-16(19)10-14/h3-6,9-11H,2,7-8,12,20H2,1H3. The Labute approximate surface area is 124 Å². The molecule has 0 saturated heterocycles. The Hall–Kier alpha value is -1.94. The van der Waals surface area contributed by atoms with Crippen LogP contribution in [0.25, 0.3) is 0 Å². The molecule has 0 bridgehead atoms. The summed E-state index contributed by atoms with van der Waals surface area (Å²) in [5, 5.41) is 0. The first kappa shape index (κ1) is 15.4. The molecule has 0 aliphatic rings. The van der Waals surface area contributed by atoms with E-state index < -0.39 is 11.6 Å². The number of rotatable bonds is 6. The van der Waals surface area contributed by atoms with Crippen LogP contribution >= 0.6 is 0 Å². The van der Waals surface area contributed by atoms with Gasteiger partial charge in [-0.25, -0.2) is 8.78 Å². The molecule has 2 aromatic rings. The Bertz CT molecular complexity index is 562. The highest BCUT2D eigenvalue weighted by Gasteiger charge is 2.09. The zero-order valence-corrected chi connectivity index (χ0v) is 12.2. The van der Waals surface area contributed by atoms with E-state index in [4.69, 9.17) is 5.73 Å². The molecule has 0 unspecified atom stereocenters. The Kier molecular flexibility index (Phi) is 5.28. The molecule has 112 valence electrons. The van der Waals surface area contributed by atoms with E-state index in [2.05, 4.69) is 4.90 Å². The summed E-state index contributed by atoms with van der Waals surface area (Å²) in [7, 11) is 0. The lowest BCUT2D eigenvalue weighted by Gasteiger charge is -2.25. The number of hydrogen-bond donors (Lipinski definition) is 1. The molecule has 0 spiro atoms. The molecule has 0 amide bonds. The first-order chi connectivity index (χ1) is 10.1. The monoisotopic (exact) mass is 290 g/mol. The molecule has 2 nitrogen and oxygen atoms in total. The van der Waals surface area contributed by atoms with Crippen LogP contribution in [-0.2, 0) is 6.54 Å². The lowest BCUT2D eigenvalue weighted by molar-refractivity contribution is 0.578. The van der Waals surface area contributed by atoms with Gasteiger partial charge in [0, 0.05) is 24.8 Å². The summed E-state index contributed by atoms with van der Waals surface area (Å²) in [6.07, 6.45) is 0.825. The minimum absolute atomic E-state index is 0.456. The van der Waals surface area contributed by atoms with Crippen molar-refractivity contribution in [1.82, 2.24) is 0 Å². The highest BCUT2D eigenvalue weighted by molar-refractivity contribution is 5.48. The number of hydrogen-bond acceptors (Lipinski definition) is 2. The molecule has 0 aliphatic heterocycles. The Morgan fingerprint density at radius 1 is 1.00 bits per heavy atom. The smallest absolute Gasteiger partial charge is 0.126 e. The third-order valence-electron chi connectivity index (χ3n) is 3.33. The quantitative estimate of drug-likeness (QED) is 0.880. The second-order valence-electron chi connectivity index (χ2n) is 5.18. The maximum atomic E-state index is 13.3. The van der Waals surface area contributed by atoms with Crippen molar-refractivity contribution in [2.24, 2.45) is 5.73 Å². The van der Waals surface area contributed by atoms with Gasteiger partial charge in [-0.2, -0.15) is 0 Å². The number of nitrogens with two attached hydrogens (primary N) is 1. The van der Waals surface area contributed by atoms with E-state index in [1.807, 2.05) is 31.2 Å². The van der Waals surface area contributed by atoms with Gasteiger partial charge in [-0.05, 0) is 49.7 Å². The Balaban J connectivity index is 2.21. The fourth-order valence-electron chi connectivity index (χ4n) is 2.26. The maximum Gasteiger partial charge on any atom is 0.126 e. The molecule has 0 saturated carbocycles. The van der Waals surface area contributed by atoms with Crippen LogP contribution in [0.3, 0.4) is 0 Å². The average molecular weight is 290 g/mol. The summed E-state index contributed by atoms with van der Waals surface area (Å²) in [6, 6.07) is 11.7. The maximum absolute atomic E-state index is 13.3. The second-order valence-corrected chi connectivity index (χ2v) is 5.18. The SMILES string of the molecule is Cc1ccc(N(CCCN)Cc2cc(F)cc(F)c2)cc1. The van der Waals surface area contributed by atoms with Gasteiger partial charge in [-0.3, -0.25) is 0 Å². The van der Waals surface area contributed by atoms with E-state index in [0.29, 0.717) is 18.7 Å². The largest absolute Gasteiger partial charge is 0.367 e. The minimum atomic E-state index is -0.548. The first-order valence-electron chi connectivity index (χ1n) is 7.05. The molecule has 0 radical (unpaired) electrons. The highest BCUT2D eigenvalue weighted by atomic mass is 19.1. The Morgan fingerprint density at radius 3 is 2.19 bits per heavy atom. The summed E-state index contributed by atoms with van der Waals surface area (Å²) in [6.45, 7) is 3.81. The van der Waals surface area contributed by atoms with Gasteiger partial charge in [0.25, 0.3) is 0 Å². The van der Waals surface area contributed by atoms with Crippen LogP contribution in [0.2, 0.25) is 0 Å². The van der Waals surface area contributed by atoms with Gasteiger partial charge in [-0.15, -0.1) is 0 Å². The first-order valence-corrected chi connectivity index (χ1v) is 7.05. The molecule has 0 atom stereocenters. The number of benzene rings is 2. The molecule has 21 heavy (non-hydrogen) atoms. The predicted octanol–water partition coefficient (Wildman–Crippen LogP) is 3.63. The molecule has 0 aliphatic carbocycles. The van der Waals surface area contributed by atoms with Crippen molar-refractivity contribution in [2.75, 3.05) is 18.0 Å². The van der Waals surface area contributed by atoms with Crippen LogP contribution in [0.1, 0.15) is 17.5 Å². The van der Waals surface area contributed by atoms with Gasteiger partial charge in [0.15, 0.2) is 0 Å². The highest BCUT2D eigenvalue weighted by Crippen LogP contribution is 2.19. The predicted molar refractivity (Wildman–Crippen MR) is 82.3 cm³/mol. The summed E-state index contributed by atoms with van der Waals surface area (Å²) >= 11 is 0. The van der Waals surface area contributed by atoms with Crippen molar-refractivity contribution in [1.29, 1.82) is 0 Å². The van der Waals surface area contributed by atoms with Crippen molar-refractivity contribution in [3.63, 3.8) is 0 Å². The van der Waals surface area contributed by atoms with E-state index >= 15 is 0 Å². The molecule has 2 aromatic carbocycles. The van der Waals surface area contributed by atoms with Crippen molar-refractivity contribution in [3.8, 4) is 0 Å². The molecule has 4 heteroatoms. The van der Waals surface area contributed by atoms with Gasteiger partial charge in [0.1, 0.15) is 11.6 Å². The lowest BCUT2D eigenvalue weighted by Crippen LogP contribution is -2.25. The van der Waals surface area contributed by atoms with E-state index in [1.54, 1.807) is 0 Å². The molecule has 0 fully saturated rings. The zero-order valence-electron chi connectivity index (χ0n) is 12.2. The van der Waals surface area contributed by atoms with Gasteiger partial charge >= 0.3 is 0 Å². The normalized spacial score (nSPS) is 10.7. The Morgan fingerprint density at radius 2 is 1.62 bits per heavy atom. The molecule has 2 rings (SSSR count). The second kappa shape index (κ2) is 7.18. The van der Waals surface area contributed by atoms with Crippen molar-refractivity contribution >= 4 is 5.69 Å². The van der Waals surface area contributed by atoms with Crippen LogP contribution in [0.4, 0.5) is 14.5 Å². The van der Waals surface area contributed by atoms with Gasteiger partial charge in [0.05, 0.1) is 0 Å². The van der Waals surface area contributed by atoms with Crippen LogP contribution < -0.4 is 10.6 Å². The molecule has 2 N–H and O–H groups in total. The van der Waals surface area contributed by atoms with Crippen LogP contribution in [0, 0.1) is 18.6 Å². The summed E-state index contributed by atoms with van der Waals surface area (Å²) in [5.41, 5.74) is 8.39. The van der Waals surface area contributed by atoms with Crippen molar-refractivity contribution in [2.45, 2.75) is 19.9 Å². The van der Waals surface area contributed by atoms with Gasteiger partial charge in [-0.1, -0.05) is 17.7 Å². The summed E-state index contributed by atoms with van der Waals surface area (Å²) in [5.74, 6) is -1.10. The van der Waals surface area contributed by atoms with Crippen molar-refractivity contribution in [3.05, 3.63) is 65.2 Å².